The number of benzene rings is 2. The van der Waals surface area contributed by atoms with E-state index in [1.54, 1.807) is 19.2 Å². The van der Waals surface area contributed by atoms with Crippen LogP contribution in [0.15, 0.2) is 42.5 Å². The van der Waals surface area contributed by atoms with E-state index >= 15 is 0 Å². The van der Waals surface area contributed by atoms with Crippen LogP contribution in [0.25, 0.3) is 0 Å². The molecule has 148 valence electrons. The number of carbonyl (C=O) groups excluding carboxylic acids is 1. The molecule has 0 aromatic heterocycles. The average molecular weight is 381 g/mol. The second-order valence-corrected chi connectivity index (χ2v) is 8.14. The first-order valence-electron chi connectivity index (χ1n) is 9.64. The topological polar surface area (TPSA) is 59.0 Å². The highest BCUT2D eigenvalue weighted by molar-refractivity contribution is 5.89. The number of fused-ring (bicyclic) bond motifs is 4. The molecule has 3 atom stereocenters. The maximum absolute atomic E-state index is 12.3. The molecule has 2 aromatic rings. The van der Waals surface area contributed by atoms with Gasteiger partial charge in [0.2, 0.25) is 0 Å². The molecular weight excluding hydrogens is 354 g/mol. The minimum atomic E-state index is -1.14. The Kier molecular flexibility index (Phi) is 4.47. The lowest BCUT2D eigenvalue weighted by atomic mass is 9.53. The predicted molar refractivity (Wildman–Crippen MR) is 107 cm³/mol. The van der Waals surface area contributed by atoms with Gasteiger partial charge in [-0.05, 0) is 67.4 Å². The van der Waals surface area contributed by atoms with E-state index in [4.69, 9.17) is 9.47 Å². The van der Waals surface area contributed by atoms with Crippen molar-refractivity contribution in [3.05, 3.63) is 64.7 Å². The number of esters is 1. The van der Waals surface area contributed by atoms with Gasteiger partial charge >= 0.3 is 5.97 Å². The Bertz CT molecular complexity index is 927. The molecule has 2 bridgehead atoms. The molecular formula is C23H27NO4. The van der Waals surface area contributed by atoms with E-state index in [-0.39, 0.29) is 6.04 Å². The van der Waals surface area contributed by atoms with Crippen molar-refractivity contribution in [1.29, 1.82) is 0 Å². The zero-order valence-corrected chi connectivity index (χ0v) is 16.9. The number of likely N-dealkylation sites (tertiary alicyclic amines) is 1. The minimum Gasteiger partial charge on any atom is -0.497 e. The summed E-state index contributed by atoms with van der Waals surface area (Å²) in [6, 6.07) is 13.3. The highest BCUT2D eigenvalue weighted by Gasteiger charge is 2.60. The van der Waals surface area contributed by atoms with E-state index < -0.39 is 17.0 Å². The number of hydrogen-bond donors (Lipinski definition) is 1. The normalized spacial score (nSPS) is 29.1. The molecule has 0 saturated carbocycles. The van der Waals surface area contributed by atoms with Gasteiger partial charge in [-0.2, -0.15) is 0 Å². The summed E-state index contributed by atoms with van der Waals surface area (Å²) >= 11 is 0. The minimum absolute atomic E-state index is 0.0833. The average Bonchev–Trinajstić information content (AvgIpc) is 2.72. The zero-order chi connectivity index (χ0) is 20.1. The van der Waals surface area contributed by atoms with Crippen molar-refractivity contribution in [3.8, 4) is 5.75 Å². The van der Waals surface area contributed by atoms with E-state index in [1.165, 1.54) is 12.7 Å². The molecule has 1 aliphatic heterocycles. The highest BCUT2D eigenvalue weighted by Crippen LogP contribution is 2.56. The van der Waals surface area contributed by atoms with Crippen molar-refractivity contribution < 1.29 is 19.4 Å². The van der Waals surface area contributed by atoms with Crippen LogP contribution >= 0.6 is 0 Å². The molecule has 5 heteroatoms. The summed E-state index contributed by atoms with van der Waals surface area (Å²) in [5, 5.41) is 12.3. The first-order chi connectivity index (χ1) is 13.3. The van der Waals surface area contributed by atoms with Gasteiger partial charge in [0, 0.05) is 11.5 Å². The van der Waals surface area contributed by atoms with Gasteiger partial charge in [0.15, 0.2) is 0 Å². The van der Waals surface area contributed by atoms with Gasteiger partial charge in [-0.3, -0.25) is 4.90 Å². The number of hydrogen-bond acceptors (Lipinski definition) is 5. The molecule has 1 fully saturated rings. The molecule has 1 saturated heterocycles. The van der Waals surface area contributed by atoms with Crippen molar-refractivity contribution >= 4 is 5.97 Å². The molecule has 28 heavy (non-hydrogen) atoms. The van der Waals surface area contributed by atoms with Gasteiger partial charge in [0.1, 0.15) is 11.4 Å². The molecule has 0 radical (unpaired) electrons. The van der Waals surface area contributed by atoms with Crippen LogP contribution in [0.1, 0.15) is 40.4 Å². The smallest absolute Gasteiger partial charge is 0.337 e. The van der Waals surface area contributed by atoms with Gasteiger partial charge in [0.25, 0.3) is 0 Å². The second kappa shape index (κ2) is 6.61. The van der Waals surface area contributed by atoms with Crippen molar-refractivity contribution in [2.75, 3.05) is 27.8 Å². The lowest BCUT2D eigenvalue weighted by Gasteiger charge is -2.60. The number of rotatable bonds is 3. The number of piperidine rings is 1. The summed E-state index contributed by atoms with van der Waals surface area (Å²) in [4.78, 5) is 14.3. The Balaban J connectivity index is 1.93. The Labute approximate surface area is 165 Å². The third kappa shape index (κ3) is 2.50. The highest BCUT2D eigenvalue weighted by atomic mass is 16.5. The molecule has 1 aliphatic carbocycles. The van der Waals surface area contributed by atoms with Crippen LogP contribution in [0.4, 0.5) is 0 Å². The zero-order valence-electron chi connectivity index (χ0n) is 16.9. The van der Waals surface area contributed by atoms with Gasteiger partial charge in [-0.1, -0.05) is 25.1 Å². The Morgan fingerprint density at radius 1 is 1.21 bits per heavy atom. The molecule has 2 aromatic carbocycles. The summed E-state index contributed by atoms with van der Waals surface area (Å²) in [5.41, 5.74) is 1.94. The van der Waals surface area contributed by atoms with Gasteiger partial charge < -0.3 is 14.6 Å². The van der Waals surface area contributed by atoms with Gasteiger partial charge in [0.05, 0.1) is 19.8 Å². The number of carbonyl (C=O) groups is 1. The fourth-order valence-electron chi connectivity index (χ4n) is 5.17. The molecule has 1 N–H and O–H groups in total. The molecule has 0 spiro atoms. The summed E-state index contributed by atoms with van der Waals surface area (Å²) in [6.45, 7) is 3.03. The van der Waals surface area contributed by atoms with Crippen molar-refractivity contribution in [2.24, 2.45) is 0 Å². The summed E-state index contributed by atoms with van der Waals surface area (Å²) < 4.78 is 10.4. The second-order valence-electron chi connectivity index (χ2n) is 8.14. The predicted octanol–water partition coefficient (Wildman–Crippen LogP) is 2.89. The van der Waals surface area contributed by atoms with E-state index in [2.05, 4.69) is 31.0 Å². The number of methoxy groups -OCH3 is 2. The lowest BCUT2D eigenvalue weighted by molar-refractivity contribution is -0.141. The van der Waals surface area contributed by atoms with E-state index in [0.29, 0.717) is 5.56 Å². The van der Waals surface area contributed by atoms with E-state index in [1.807, 2.05) is 18.2 Å². The van der Waals surface area contributed by atoms with Crippen molar-refractivity contribution in [3.63, 3.8) is 0 Å². The van der Waals surface area contributed by atoms with Crippen LogP contribution in [0.2, 0.25) is 0 Å². The fourth-order valence-corrected chi connectivity index (χ4v) is 5.17. The molecule has 1 heterocycles. The maximum Gasteiger partial charge on any atom is 0.337 e. The fraction of sp³-hybridized carbons (Fsp3) is 0.435. The van der Waals surface area contributed by atoms with Crippen LogP contribution in [0.5, 0.6) is 5.75 Å². The quantitative estimate of drug-likeness (QED) is 0.829. The maximum atomic E-state index is 12.3. The number of likely N-dealkylation sites (N-methyl/N-ethyl adjacent to an activating group) is 1. The molecule has 1 unspecified atom stereocenters. The number of ether oxygens (including phenoxy) is 2. The summed E-state index contributed by atoms with van der Waals surface area (Å²) in [6.07, 6.45) is 1.55. The Morgan fingerprint density at radius 3 is 2.71 bits per heavy atom. The largest absolute Gasteiger partial charge is 0.497 e. The summed E-state index contributed by atoms with van der Waals surface area (Å²) in [5.74, 6) is 0.398. The van der Waals surface area contributed by atoms with Crippen LogP contribution < -0.4 is 4.74 Å². The standard InChI is InChI=1S/C23H27NO4/c1-22-10-11-24(2)20(13-15-8-9-18(27-3)14-19(15)22)23(22,26)17-7-5-6-16(12-17)21(25)28-4/h5-9,12,14,20,26H,10-11,13H2,1-4H3/t20?,22-,23-/m1/s1. The molecule has 2 aliphatic rings. The van der Waals surface area contributed by atoms with Crippen LogP contribution in [0, 0.1) is 0 Å². The lowest BCUT2D eigenvalue weighted by Crippen LogP contribution is -2.67. The van der Waals surface area contributed by atoms with Gasteiger partial charge in [-0.15, -0.1) is 0 Å². The van der Waals surface area contributed by atoms with Crippen molar-refractivity contribution in [1.82, 2.24) is 4.90 Å². The third-order valence-electron chi connectivity index (χ3n) is 6.87. The van der Waals surface area contributed by atoms with Crippen LogP contribution in [0.3, 0.4) is 0 Å². The molecule has 4 rings (SSSR count). The van der Waals surface area contributed by atoms with Crippen molar-refractivity contribution in [2.45, 2.75) is 36.8 Å². The Morgan fingerprint density at radius 2 is 2.00 bits per heavy atom. The Hall–Kier alpha value is -2.37. The first kappa shape index (κ1) is 19.0. The molecule has 5 nitrogen and oxygen atoms in total. The monoisotopic (exact) mass is 381 g/mol. The van der Waals surface area contributed by atoms with Crippen LogP contribution in [-0.2, 0) is 22.2 Å². The number of aliphatic hydroxyl groups is 1. The van der Waals surface area contributed by atoms with Gasteiger partial charge in [-0.25, -0.2) is 4.79 Å². The first-order valence-corrected chi connectivity index (χ1v) is 9.64. The van der Waals surface area contributed by atoms with Crippen LogP contribution in [-0.4, -0.2) is 49.8 Å². The summed E-state index contributed by atoms with van der Waals surface area (Å²) in [7, 11) is 5.10. The van der Waals surface area contributed by atoms with E-state index in [0.717, 1.165) is 36.3 Å². The third-order valence-corrected chi connectivity index (χ3v) is 6.87. The SMILES string of the molecule is COC(=O)c1cccc([C@@]2(O)C3Cc4ccc(OC)cc4[C@@]2(C)CCN3C)c1. The molecule has 0 amide bonds. The van der Waals surface area contributed by atoms with E-state index in [9.17, 15) is 9.90 Å². The number of nitrogens with zero attached hydrogens (tertiary/aromatic N) is 1.